The molecule has 3 aromatic carbocycles. The minimum absolute atomic E-state index is 0.0812. The Hall–Kier alpha value is -4.26. The van der Waals surface area contributed by atoms with Crippen LogP contribution in [0.3, 0.4) is 0 Å². The molecule has 3 aromatic rings. The number of aliphatic carboxylic acids is 1. The fourth-order valence-electron chi connectivity index (χ4n) is 4.32. The van der Waals surface area contributed by atoms with Crippen LogP contribution in [0, 0.1) is 18.8 Å². The SMILES string of the molecule is Cc1cc(OC/C=C(\c2ccc(C#CCN3CCOCC3)cc2)c2cccc(C(F)(F)F)c2)ccc1OC(C)C(=O)O. The maximum Gasteiger partial charge on any atom is 0.416 e. The van der Waals surface area contributed by atoms with Crippen LogP contribution in [-0.2, 0) is 15.7 Å². The Morgan fingerprint density at radius 1 is 1.07 bits per heavy atom. The quantitative estimate of drug-likeness (QED) is 0.311. The van der Waals surface area contributed by atoms with Gasteiger partial charge in [0.25, 0.3) is 0 Å². The Balaban J connectivity index is 1.53. The third kappa shape index (κ3) is 8.62. The Kier molecular flexibility index (Phi) is 10.3. The highest BCUT2D eigenvalue weighted by molar-refractivity contribution is 5.80. The maximum atomic E-state index is 13.5. The molecule has 0 amide bonds. The first-order valence-electron chi connectivity index (χ1n) is 13.5. The van der Waals surface area contributed by atoms with Crippen molar-refractivity contribution in [3.8, 4) is 23.3 Å². The highest BCUT2D eigenvalue weighted by Crippen LogP contribution is 2.33. The molecule has 220 valence electrons. The van der Waals surface area contributed by atoms with Crippen molar-refractivity contribution in [2.24, 2.45) is 0 Å². The van der Waals surface area contributed by atoms with E-state index in [-0.39, 0.29) is 6.61 Å². The monoisotopic (exact) mass is 579 g/mol. The summed E-state index contributed by atoms with van der Waals surface area (Å²) >= 11 is 0. The fraction of sp³-hybridized carbons (Fsp3) is 0.303. The van der Waals surface area contributed by atoms with Crippen molar-refractivity contribution in [2.75, 3.05) is 39.5 Å². The number of nitrogens with zero attached hydrogens (tertiary/aromatic N) is 1. The molecule has 1 saturated heterocycles. The van der Waals surface area contributed by atoms with E-state index in [2.05, 4.69) is 16.7 Å². The van der Waals surface area contributed by atoms with E-state index in [0.717, 1.165) is 36.3 Å². The lowest BCUT2D eigenvalue weighted by molar-refractivity contribution is -0.144. The Labute approximate surface area is 243 Å². The fourth-order valence-corrected chi connectivity index (χ4v) is 4.32. The summed E-state index contributed by atoms with van der Waals surface area (Å²) in [5.41, 5.74) is 2.47. The minimum Gasteiger partial charge on any atom is -0.489 e. The van der Waals surface area contributed by atoms with Gasteiger partial charge in [-0.05, 0) is 84.7 Å². The van der Waals surface area contributed by atoms with Crippen LogP contribution in [0.5, 0.6) is 11.5 Å². The molecule has 6 nitrogen and oxygen atoms in total. The first-order chi connectivity index (χ1) is 20.1. The number of carbonyl (C=O) groups is 1. The summed E-state index contributed by atoms with van der Waals surface area (Å²) in [6.07, 6.45) is -3.74. The number of benzene rings is 3. The molecule has 1 N–H and O–H groups in total. The zero-order chi connectivity index (χ0) is 30.1. The molecule has 1 fully saturated rings. The number of hydrogen-bond acceptors (Lipinski definition) is 5. The van der Waals surface area contributed by atoms with Crippen LogP contribution in [0.2, 0.25) is 0 Å². The van der Waals surface area contributed by atoms with Gasteiger partial charge in [0.1, 0.15) is 18.1 Å². The van der Waals surface area contributed by atoms with Crippen LogP contribution in [0.1, 0.15) is 34.7 Å². The lowest BCUT2D eigenvalue weighted by Gasteiger charge is -2.24. The second-order valence-electron chi connectivity index (χ2n) is 9.80. The van der Waals surface area contributed by atoms with Gasteiger partial charge < -0.3 is 19.3 Å². The molecule has 0 bridgehead atoms. The van der Waals surface area contributed by atoms with E-state index < -0.39 is 23.8 Å². The lowest BCUT2D eigenvalue weighted by Crippen LogP contribution is -2.36. The number of carboxylic acids is 1. The first kappa shape index (κ1) is 30.7. The largest absolute Gasteiger partial charge is 0.489 e. The number of alkyl halides is 3. The van der Waals surface area contributed by atoms with Crippen LogP contribution in [0.15, 0.2) is 72.8 Å². The lowest BCUT2D eigenvalue weighted by atomic mass is 9.95. The predicted molar refractivity (Wildman–Crippen MR) is 154 cm³/mol. The Bertz CT molecular complexity index is 1470. The summed E-state index contributed by atoms with van der Waals surface area (Å²) in [7, 11) is 0. The van der Waals surface area contributed by atoms with Gasteiger partial charge in [-0.15, -0.1) is 0 Å². The van der Waals surface area contributed by atoms with Gasteiger partial charge in [0, 0.05) is 18.7 Å². The summed E-state index contributed by atoms with van der Waals surface area (Å²) in [6, 6.07) is 17.6. The third-order valence-electron chi connectivity index (χ3n) is 6.67. The van der Waals surface area contributed by atoms with Crippen molar-refractivity contribution in [1.29, 1.82) is 0 Å². The normalized spacial score (nSPS) is 14.9. The first-order valence-corrected chi connectivity index (χ1v) is 13.5. The van der Waals surface area contributed by atoms with E-state index in [9.17, 15) is 18.0 Å². The molecule has 1 atom stereocenters. The second kappa shape index (κ2) is 14.1. The number of halogens is 3. The average Bonchev–Trinajstić information content (AvgIpc) is 2.97. The van der Waals surface area contributed by atoms with Crippen LogP contribution in [0.4, 0.5) is 13.2 Å². The van der Waals surface area contributed by atoms with Crippen LogP contribution < -0.4 is 9.47 Å². The van der Waals surface area contributed by atoms with E-state index in [1.165, 1.54) is 13.0 Å². The Morgan fingerprint density at radius 3 is 2.48 bits per heavy atom. The standard InChI is InChI=1S/C33H32F3NO5/c1-23-21-29(12-13-31(23)42-24(2)32(38)39)41-18-14-30(27-6-3-7-28(22-27)33(34,35)36)26-10-8-25(9-11-26)5-4-15-37-16-19-40-20-17-37/h3,6-14,21-22,24H,15-20H2,1-2H3,(H,38,39)/b30-14+. The van der Waals surface area contributed by atoms with Gasteiger partial charge in [0.2, 0.25) is 0 Å². The summed E-state index contributed by atoms with van der Waals surface area (Å²) in [5, 5.41) is 9.08. The summed E-state index contributed by atoms with van der Waals surface area (Å²) in [5.74, 6) is 6.18. The van der Waals surface area contributed by atoms with Crippen molar-refractivity contribution in [2.45, 2.75) is 26.1 Å². The molecule has 1 heterocycles. The van der Waals surface area contributed by atoms with Crippen LogP contribution in [-0.4, -0.2) is 61.5 Å². The van der Waals surface area contributed by atoms with Crippen molar-refractivity contribution in [3.05, 3.63) is 101 Å². The topological polar surface area (TPSA) is 68.2 Å². The number of aryl methyl sites for hydroxylation is 1. The molecule has 4 rings (SSSR count). The third-order valence-corrected chi connectivity index (χ3v) is 6.67. The molecular formula is C33H32F3NO5. The van der Waals surface area contributed by atoms with Crippen molar-refractivity contribution in [1.82, 2.24) is 4.90 Å². The number of hydrogen-bond donors (Lipinski definition) is 1. The minimum atomic E-state index is -4.48. The molecule has 0 spiro atoms. The van der Waals surface area contributed by atoms with E-state index >= 15 is 0 Å². The van der Waals surface area contributed by atoms with Crippen molar-refractivity contribution < 1.29 is 37.3 Å². The van der Waals surface area contributed by atoms with E-state index in [1.54, 1.807) is 37.3 Å². The molecule has 0 aliphatic carbocycles. The van der Waals surface area contributed by atoms with Gasteiger partial charge in [0.15, 0.2) is 6.10 Å². The van der Waals surface area contributed by atoms with Gasteiger partial charge >= 0.3 is 12.1 Å². The zero-order valence-electron chi connectivity index (χ0n) is 23.4. The Morgan fingerprint density at radius 2 is 1.81 bits per heavy atom. The second-order valence-corrected chi connectivity index (χ2v) is 9.80. The molecule has 0 aromatic heterocycles. The maximum absolute atomic E-state index is 13.5. The molecular weight excluding hydrogens is 547 g/mol. The van der Waals surface area contributed by atoms with Gasteiger partial charge in [-0.1, -0.05) is 36.1 Å². The van der Waals surface area contributed by atoms with Crippen LogP contribution in [0.25, 0.3) is 5.57 Å². The summed E-state index contributed by atoms with van der Waals surface area (Å²) < 4.78 is 57.2. The summed E-state index contributed by atoms with van der Waals surface area (Å²) in [4.78, 5) is 13.3. The zero-order valence-corrected chi connectivity index (χ0v) is 23.4. The van der Waals surface area contributed by atoms with Gasteiger partial charge in [0.05, 0.1) is 25.3 Å². The van der Waals surface area contributed by atoms with Crippen molar-refractivity contribution >= 4 is 11.5 Å². The number of carboxylic acid groups (broad SMARTS) is 1. The van der Waals surface area contributed by atoms with E-state index in [0.29, 0.717) is 48.0 Å². The summed E-state index contributed by atoms with van der Waals surface area (Å²) in [6.45, 7) is 7.04. The molecule has 1 aliphatic rings. The van der Waals surface area contributed by atoms with Gasteiger partial charge in [-0.3, -0.25) is 4.90 Å². The number of rotatable bonds is 9. The molecule has 0 radical (unpaired) electrons. The highest BCUT2D eigenvalue weighted by atomic mass is 19.4. The predicted octanol–water partition coefficient (Wildman–Crippen LogP) is 6.06. The van der Waals surface area contributed by atoms with Crippen molar-refractivity contribution in [3.63, 3.8) is 0 Å². The highest BCUT2D eigenvalue weighted by Gasteiger charge is 2.30. The van der Waals surface area contributed by atoms with Gasteiger partial charge in [-0.25, -0.2) is 4.79 Å². The molecule has 1 aliphatic heterocycles. The van der Waals surface area contributed by atoms with Gasteiger partial charge in [-0.2, -0.15) is 13.2 Å². The van der Waals surface area contributed by atoms with E-state index in [1.807, 2.05) is 24.3 Å². The van der Waals surface area contributed by atoms with E-state index in [4.69, 9.17) is 19.3 Å². The molecule has 9 heteroatoms. The average molecular weight is 580 g/mol. The molecule has 42 heavy (non-hydrogen) atoms. The van der Waals surface area contributed by atoms with Crippen LogP contribution >= 0.6 is 0 Å². The molecule has 1 unspecified atom stereocenters. The number of morpholine rings is 1. The number of ether oxygens (including phenoxy) is 3. The molecule has 0 saturated carbocycles. The smallest absolute Gasteiger partial charge is 0.416 e.